The Morgan fingerprint density at radius 3 is 2.18 bits per heavy atom. The number of carbonyl (C=O) groups is 2. The summed E-state index contributed by atoms with van der Waals surface area (Å²) in [7, 11) is 0. The third kappa shape index (κ3) is 17.2. The minimum atomic E-state index is -1.43. The maximum atomic E-state index is 14.6. The van der Waals surface area contributed by atoms with Crippen LogP contribution >= 0.6 is 0 Å². The van der Waals surface area contributed by atoms with Crippen molar-refractivity contribution in [2.24, 2.45) is 5.92 Å². The predicted octanol–water partition coefficient (Wildman–Crippen LogP) is 2.99. The lowest BCUT2D eigenvalue weighted by Crippen LogP contribution is -2.46. The van der Waals surface area contributed by atoms with Crippen molar-refractivity contribution in [3.63, 3.8) is 0 Å². The minimum absolute atomic E-state index is 0.145. The number of alkyl halides is 1. The van der Waals surface area contributed by atoms with E-state index < -0.39 is 11.8 Å². The van der Waals surface area contributed by atoms with Gasteiger partial charge in [0.2, 0.25) is 11.8 Å². The topological polar surface area (TPSA) is 97.9 Å². The van der Waals surface area contributed by atoms with Gasteiger partial charge in [0.05, 0.1) is 38.6 Å². The van der Waals surface area contributed by atoms with Gasteiger partial charge in [0.15, 0.2) is 0 Å². The van der Waals surface area contributed by atoms with E-state index in [-0.39, 0.29) is 30.9 Å². The van der Waals surface area contributed by atoms with Crippen molar-refractivity contribution in [2.75, 3.05) is 52.7 Å². The zero-order chi connectivity index (χ0) is 25.8. The lowest BCUT2D eigenvalue weighted by atomic mass is 10.0. The summed E-state index contributed by atoms with van der Waals surface area (Å²) in [5.41, 5.74) is -1.20. The molecule has 0 saturated carbocycles. The first-order valence-corrected chi connectivity index (χ1v) is 12.8. The maximum Gasteiger partial charge on any atom is 0.246 e. The van der Waals surface area contributed by atoms with Crippen LogP contribution in [0.1, 0.15) is 73.6 Å². The summed E-state index contributed by atoms with van der Waals surface area (Å²) < 4.78 is 31.0. The molecular formula is C25H50FN3O5. The molecule has 0 aromatic heterocycles. The lowest BCUT2D eigenvalue weighted by Gasteiger charge is -2.29. The van der Waals surface area contributed by atoms with E-state index in [1.807, 2.05) is 6.92 Å². The van der Waals surface area contributed by atoms with Crippen molar-refractivity contribution in [3.05, 3.63) is 0 Å². The Morgan fingerprint density at radius 1 is 0.912 bits per heavy atom. The molecule has 3 unspecified atom stereocenters. The zero-order valence-corrected chi connectivity index (χ0v) is 22.3. The van der Waals surface area contributed by atoms with Crippen LogP contribution in [0, 0.1) is 5.92 Å². The summed E-state index contributed by atoms with van der Waals surface area (Å²) in [6.45, 7) is 14.1. The van der Waals surface area contributed by atoms with Crippen molar-refractivity contribution in [3.8, 4) is 0 Å². The van der Waals surface area contributed by atoms with E-state index in [0.717, 1.165) is 38.6 Å². The number of rotatable bonds is 22. The summed E-state index contributed by atoms with van der Waals surface area (Å²) in [6, 6.07) is 0.504. The standard InChI is InChI=1S/C25H50FN3O5/c1-7-9-11-20(3)24(31)29-18-22(26)25(5,6)34-19-23(30)28-13-15-33-17-16-32-14-12-27-21(4)10-8-2/h20-22,27H,7-19H2,1-6H3,(H,28,30)(H,29,31). The van der Waals surface area contributed by atoms with E-state index in [0.29, 0.717) is 39.0 Å². The van der Waals surface area contributed by atoms with Crippen molar-refractivity contribution >= 4 is 11.8 Å². The molecular weight excluding hydrogens is 441 g/mol. The molecule has 2 amide bonds. The summed E-state index contributed by atoms with van der Waals surface area (Å²) in [5.74, 6) is -0.648. The van der Waals surface area contributed by atoms with Gasteiger partial charge in [-0.1, -0.05) is 40.0 Å². The molecule has 34 heavy (non-hydrogen) atoms. The van der Waals surface area contributed by atoms with Crippen LogP contribution in [-0.2, 0) is 23.8 Å². The van der Waals surface area contributed by atoms with Crippen LogP contribution in [0.5, 0.6) is 0 Å². The van der Waals surface area contributed by atoms with Gasteiger partial charge in [-0.25, -0.2) is 4.39 Å². The van der Waals surface area contributed by atoms with Crippen LogP contribution in [0.4, 0.5) is 4.39 Å². The van der Waals surface area contributed by atoms with Crippen molar-refractivity contribution in [2.45, 2.75) is 91.5 Å². The number of nitrogens with one attached hydrogen (secondary N) is 3. The molecule has 0 spiro atoms. The summed E-state index contributed by atoms with van der Waals surface area (Å²) in [4.78, 5) is 24.0. The molecule has 0 rings (SSSR count). The molecule has 0 aliphatic rings. The summed E-state index contributed by atoms with van der Waals surface area (Å²) in [6.07, 6.45) is 3.65. The van der Waals surface area contributed by atoms with Gasteiger partial charge < -0.3 is 30.2 Å². The quantitative estimate of drug-likeness (QED) is 0.202. The molecule has 0 aromatic carbocycles. The van der Waals surface area contributed by atoms with Crippen LogP contribution in [-0.4, -0.2) is 82.3 Å². The van der Waals surface area contributed by atoms with Crippen molar-refractivity contribution in [1.29, 1.82) is 0 Å². The molecule has 0 radical (unpaired) electrons. The molecule has 0 fully saturated rings. The van der Waals surface area contributed by atoms with Gasteiger partial charge >= 0.3 is 0 Å². The molecule has 0 aromatic rings. The molecule has 8 nitrogen and oxygen atoms in total. The van der Waals surface area contributed by atoms with Gasteiger partial charge in [-0.2, -0.15) is 0 Å². The van der Waals surface area contributed by atoms with Crippen LogP contribution in [0.2, 0.25) is 0 Å². The van der Waals surface area contributed by atoms with Crippen LogP contribution in [0.15, 0.2) is 0 Å². The van der Waals surface area contributed by atoms with E-state index in [1.54, 1.807) is 13.8 Å². The number of hydrogen-bond donors (Lipinski definition) is 3. The van der Waals surface area contributed by atoms with Gasteiger partial charge in [-0.05, 0) is 33.6 Å². The molecule has 202 valence electrons. The highest BCUT2D eigenvalue weighted by Crippen LogP contribution is 2.18. The molecule has 0 bridgehead atoms. The normalized spacial score (nSPS) is 14.4. The second-order valence-corrected chi connectivity index (χ2v) is 9.37. The second kappa shape index (κ2) is 20.0. The first kappa shape index (κ1) is 32.7. The fourth-order valence-electron chi connectivity index (χ4n) is 3.14. The second-order valence-electron chi connectivity index (χ2n) is 9.37. The van der Waals surface area contributed by atoms with Gasteiger partial charge in [-0.15, -0.1) is 0 Å². The number of halogens is 1. The largest absolute Gasteiger partial charge is 0.378 e. The molecule has 3 atom stereocenters. The fraction of sp³-hybridized carbons (Fsp3) is 0.920. The number of unbranched alkanes of at least 4 members (excludes halogenated alkanes) is 1. The lowest BCUT2D eigenvalue weighted by molar-refractivity contribution is -0.137. The highest BCUT2D eigenvalue weighted by molar-refractivity contribution is 5.78. The smallest absolute Gasteiger partial charge is 0.246 e. The molecule has 0 heterocycles. The van der Waals surface area contributed by atoms with Gasteiger partial charge in [0.25, 0.3) is 0 Å². The van der Waals surface area contributed by atoms with E-state index in [1.165, 1.54) is 0 Å². The Balaban J connectivity index is 3.82. The van der Waals surface area contributed by atoms with Crippen LogP contribution in [0.3, 0.4) is 0 Å². The number of ether oxygens (including phenoxy) is 3. The minimum Gasteiger partial charge on any atom is -0.378 e. The fourth-order valence-corrected chi connectivity index (χ4v) is 3.14. The first-order valence-electron chi connectivity index (χ1n) is 12.8. The third-order valence-corrected chi connectivity index (χ3v) is 5.62. The average Bonchev–Trinajstić information content (AvgIpc) is 2.80. The van der Waals surface area contributed by atoms with Crippen LogP contribution < -0.4 is 16.0 Å². The Kier molecular flexibility index (Phi) is 19.2. The molecule has 0 saturated heterocycles. The predicted molar refractivity (Wildman–Crippen MR) is 134 cm³/mol. The van der Waals surface area contributed by atoms with E-state index in [4.69, 9.17) is 14.2 Å². The van der Waals surface area contributed by atoms with Gasteiger partial charge in [0, 0.05) is 25.0 Å². The summed E-state index contributed by atoms with van der Waals surface area (Å²) in [5, 5.41) is 8.71. The number of carbonyl (C=O) groups excluding carboxylic acids is 2. The van der Waals surface area contributed by atoms with Gasteiger partial charge in [0.1, 0.15) is 12.8 Å². The molecule has 9 heteroatoms. The first-order chi connectivity index (χ1) is 16.1. The molecule has 0 aliphatic carbocycles. The highest BCUT2D eigenvalue weighted by atomic mass is 19.1. The van der Waals surface area contributed by atoms with E-state index in [9.17, 15) is 14.0 Å². The van der Waals surface area contributed by atoms with E-state index in [2.05, 4.69) is 36.7 Å². The summed E-state index contributed by atoms with van der Waals surface area (Å²) >= 11 is 0. The zero-order valence-electron chi connectivity index (χ0n) is 22.3. The highest BCUT2D eigenvalue weighted by Gasteiger charge is 2.32. The number of hydrogen-bond acceptors (Lipinski definition) is 6. The Labute approximate surface area is 206 Å². The average molecular weight is 492 g/mol. The SMILES string of the molecule is CCCCC(C)C(=O)NCC(F)C(C)(C)OCC(=O)NCCOCCOCCNC(C)CCC. The third-order valence-electron chi connectivity index (χ3n) is 5.62. The monoisotopic (exact) mass is 491 g/mol. The number of amides is 2. The Morgan fingerprint density at radius 2 is 1.56 bits per heavy atom. The molecule has 0 aliphatic heterocycles. The van der Waals surface area contributed by atoms with Crippen molar-refractivity contribution < 1.29 is 28.2 Å². The van der Waals surface area contributed by atoms with E-state index >= 15 is 0 Å². The Hall–Kier alpha value is -1.29. The maximum absolute atomic E-state index is 14.6. The molecule has 3 N–H and O–H groups in total. The van der Waals surface area contributed by atoms with Crippen LogP contribution in [0.25, 0.3) is 0 Å². The van der Waals surface area contributed by atoms with Gasteiger partial charge in [-0.3, -0.25) is 9.59 Å². The van der Waals surface area contributed by atoms with Crippen molar-refractivity contribution in [1.82, 2.24) is 16.0 Å². The Bertz CT molecular complexity index is 537.